The molecule has 5 heteroatoms. The molecule has 0 radical (unpaired) electrons. The minimum atomic E-state index is -0.670. The van der Waals surface area contributed by atoms with E-state index in [9.17, 15) is 9.90 Å². The predicted molar refractivity (Wildman–Crippen MR) is 73.3 cm³/mol. The number of nitrogens with zero attached hydrogens (tertiary/aromatic N) is 2. The van der Waals surface area contributed by atoms with Gasteiger partial charge in [0.25, 0.3) is 0 Å². The minimum Gasteiger partial charge on any atom is -0.480 e. The van der Waals surface area contributed by atoms with Gasteiger partial charge >= 0.3 is 5.97 Å². The standard InChI is InChI=1S/C14H26N2O3/c1-2-13(14(17)18)16-6-4-3-5-12(16)11-15-7-9-19-10-8-15/h12-13H,2-11H2,1H3,(H,17,18). The Kier molecular flexibility index (Phi) is 5.60. The normalized spacial score (nSPS) is 28.2. The molecule has 0 spiro atoms. The summed E-state index contributed by atoms with van der Waals surface area (Å²) in [5, 5.41) is 9.37. The molecule has 0 aliphatic carbocycles. The van der Waals surface area contributed by atoms with Gasteiger partial charge in [-0.05, 0) is 25.8 Å². The van der Waals surface area contributed by atoms with Gasteiger partial charge in [-0.1, -0.05) is 13.3 Å². The largest absolute Gasteiger partial charge is 0.480 e. The van der Waals surface area contributed by atoms with Crippen molar-refractivity contribution in [3.8, 4) is 0 Å². The number of ether oxygens (including phenoxy) is 1. The molecule has 110 valence electrons. The lowest BCUT2D eigenvalue weighted by Crippen LogP contribution is -2.54. The van der Waals surface area contributed by atoms with E-state index in [0.717, 1.165) is 52.2 Å². The number of likely N-dealkylation sites (tertiary alicyclic amines) is 1. The second-order valence-corrected chi connectivity index (χ2v) is 5.56. The van der Waals surface area contributed by atoms with E-state index in [1.54, 1.807) is 0 Å². The summed E-state index contributed by atoms with van der Waals surface area (Å²) < 4.78 is 5.37. The van der Waals surface area contributed by atoms with E-state index in [4.69, 9.17) is 4.74 Å². The molecular weight excluding hydrogens is 244 g/mol. The third-order valence-electron chi connectivity index (χ3n) is 4.32. The highest BCUT2D eigenvalue weighted by atomic mass is 16.5. The molecule has 2 aliphatic heterocycles. The molecule has 0 aromatic heterocycles. The molecule has 0 aromatic carbocycles. The molecule has 0 aromatic rings. The van der Waals surface area contributed by atoms with E-state index in [1.165, 1.54) is 6.42 Å². The van der Waals surface area contributed by atoms with E-state index in [0.29, 0.717) is 12.5 Å². The van der Waals surface area contributed by atoms with Crippen LogP contribution >= 0.6 is 0 Å². The Hall–Kier alpha value is -0.650. The number of rotatable bonds is 5. The lowest BCUT2D eigenvalue weighted by molar-refractivity contribution is -0.145. The van der Waals surface area contributed by atoms with Gasteiger partial charge in [-0.2, -0.15) is 0 Å². The topological polar surface area (TPSA) is 53.0 Å². The molecule has 19 heavy (non-hydrogen) atoms. The number of carboxylic acid groups (broad SMARTS) is 1. The van der Waals surface area contributed by atoms with Crippen molar-refractivity contribution in [1.82, 2.24) is 9.80 Å². The smallest absolute Gasteiger partial charge is 0.320 e. The summed E-state index contributed by atoms with van der Waals surface area (Å²) in [5.74, 6) is -0.670. The van der Waals surface area contributed by atoms with Crippen LogP contribution in [-0.2, 0) is 9.53 Å². The van der Waals surface area contributed by atoms with Gasteiger partial charge < -0.3 is 9.84 Å². The van der Waals surface area contributed by atoms with Gasteiger partial charge in [0.15, 0.2) is 0 Å². The number of piperidine rings is 1. The average molecular weight is 270 g/mol. The monoisotopic (exact) mass is 270 g/mol. The Labute approximate surface area is 115 Å². The van der Waals surface area contributed by atoms with E-state index >= 15 is 0 Å². The Bertz CT molecular complexity index is 292. The summed E-state index contributed by atoms with van der Waals surface area (Å²) >= 11 is 0. The van der Waals surface area contributed by atoms with Crippen molar-refractivity contribution in [3.63, 3.8) is 0 Å². The Morgan fingerprint density at radius 3 is 2.68 bits per heavy atom. The fourth-order valence-electron chi connectivity index (χ4n) is 3.26. The van der Waals surface area contributed by atoms with Crippen LogP contribution in [0.3, 0.4) is 0 Å². The zero-order valence-corrected chi connectivity index (χ0v) is 11.9. The third kappa shape index (κ3) is 3.91. The van der Waals surface area contributed by atoms with Crippen LogP contribution < -0.4 is 0 Å². The fraction of sp³-hybridized carbons (Fsp3) is 0.929. The van der Waals surface area contributed by atoms with Crippen LogP contribution in [-0.4, -0.2) is 72.4 Å². The van der Waals surface area contributed by atoms with Crippen molar-refractivity contribution in [3.05, 3.63) is 0 Å². The molecular formula is C14H26N2O3. The molecule has 5 nitrogen and oxygen atoms in total. The minimum absolute atomic E-state index is 0.314. The quantitative estimate of drug-likeness (QED) is 0.809. The van der Waals surface area contributed by atoms with Gasteiger partial charge in [0, 0.05) is 25.7 Å². The van der Waals surface area contributed by atoms with E-state index in [2.05, 4.69) is 9.80 Å². The first-order valence-corrected chi connectivity index (χ1v) is 7.51. The molecule has 1 N–H and O–H groups in total. The first-order valence-electron chi connectivity index (χ1n) is 7.51. The Balaban J connectivity index is 1.96. The van der Waals surface area contributed by atoms with Crippen molar-refractivity contribution >= 4 is 5.97 Å². The summed E-state index contributed by atoms with van der Waals surface area (Å²) in [6.45, 7) is 7.47. The van der Waals surface area contributed by atoms with E-state index in [-0.39, 0.29) is 6.04 Å². The highest BCUT2D eigenvalue weighted by molar-refractivity contribution is 5.73. The van der Waals surface area contributed by atoms with Gasteiger partial charge in [0.1, 0.15) is 6.04 Å². The van der Waals surface area contributed by atoms with Crippen molar-refractivity contribution in [2.24, 2.45) is 0 Å². The number of carboxylic acids is 1. The van der Waals surface area contributed by atoms with Crippen LogP contribution in [0.2, 0.25) is 0 Å². The molecule has 0 bridgehead atoms. The van der Waals surface area contributed by atoms with Crippen LogP contribution in [0.15, 0.2) is 0 Å². The molecule has 0 amide bonds. The fourth-order valence-corrected chi connectivity index (χ4v) is 3.26. The highest BCUT2D eigenvalue weighted by Gasteiger charge is 2.33. The second kappa shape index (κ2) is 7.22. The Morgan fingerprint density at radius 1 is 1.32 bits per heavy atom. The predicted octanol–water partition coefficient (Wildman–Crippen LogP) is 1.04. The van der Waals surface area contributed by atoms with Crippen LogP contribution in [0.4, 0.5) is 0 Å². The van der Waals surface area contributed by atoms with Crippen LogP contribution in [0.25, 0.3) is 0 Å². The lowest BCUT2D eigenvalue weighted by atomic mass is 9.98. The van der Waals surface area contributed by atoms with Gasteiger partial charge in [0.05, 0.1) is 13.2 Å². The molecule has 2 atom stereocenters. The molecule has 2 rings (SSSR count). The SMILES string of the molecule is CCC(C(=O)O)N1CCCCC1CN1CCOCC1. The summed E-state index contributed by atoms with van der Waals surface area (Å²) in [4.78, 5) is 16.0. The number of hydrogen-bond acceptors (Lipinski definition) is 4. The first-order chi connectivity index (χ1) is 9.22. The number of carbonyl (C=O) groups is 1. The summed E-state index contributed by atoms with van der Waals surface area (Å²) in [6.07, 6.45) is 4.17. The van der Waals surface area contributed by atoms with Crippen LogP contribution in [0.5, 0.6) is 0 Å². The van der Waals surface area contributed by atoms with Crippen molar-refractivity contribution in [1.29, 1.82) is 0 Å². The van der Waals surface area contributed by atoms with Crippen molar-refractivity contribution in [2.45, 2.75) is 44.7 Å². The van der Waals surface area contributed by atoms with E-state index in [1.807, 2.05) is 6.92 Å². The maximum Gasteiger partial charge on any atom is 0.320 e. The lowest BCUT2D eigenvalue weighted by Gasteiger charge is -2.42. The summed E-state index contributed by atoms with van der Waals surface area (Å²) in [7, 11) is 0. The summed E-state index contributed by atoms with van der Waals surface area (Å²) in [6, 6.07) is 0.0826. The molecule has 2 saturated heterocycles. The van der Waals surface area contributed by atoms with Crippen molar-refractivity contribution < 1.29 is 14.6 Å². The van der Waals surface area contributed by atoms with Gasteiger partial charge in [-0.15, -0.1) is 0 Å². The van der Waals surface area contributed by atoms with Crippen LogP contribution in [0, 0.1) is 0 Å². The third-order valence-corrected chi connectivity index (χ3v) is 4.32. The molecule has 2 heterocycles. The molecule has 2 unspecified atom stereocenters. The van der Waals surface area contributed by atoms with Crippen LogP contribution in [0.1, 0.15) is 32.6 Å². The number of hydrogen-bond donors (Lipinski definition) is 1. The summed E-state index contributed by atoms with van der Waals surface area (Å²) in [5.41, 5.74) is 0. The number of morpholine rings is 1. The van der Waals surface area contributed by atoms with Crippen molar-refractivity contribution in [2.75, 3.05) is 39.4 Å². The first kappa shape index (κ1) is 14.8. The molecule has 0 saturated carbocycles. The maximum atomic E-state index is 11.4. The molecule has 2 fully saturated rings. The zero-order chi connectivity index (χ0) is 13.7. The van der Waals surface area contributed by atoms with Gasteiger partial charge in [-0.25, -0.2) is 0 Å². The maximum absolute atomic E-state index is 11.4. The van der Waals surface area contributed by atoms with E-state index < -0.39 is 5.97 Å². The average Bonchev–Trinajstić information content (AvgIpc) is 2.42. The van der Waals surface area contributed by atoms with Gasteiger partial charge in [-0.3, -0.25) is 14.6 Å². The highest BCUT2D eigenvalue weighted by Crippen LogP contribution is 2.22. The second-order valence-electron chi connectivity index (χ2n) is 5.56. The Morgan fingerprint density at radius 2 is 2.05 bits per heavy atom. The number of aliphatic carboxylic acids is 1. The zero-order valence-electron chi connectivity index (χ0n) is 11.9. The molecule has 2 aliphatic rings. The van der Waals surface area contributed by atoms with Gasteiger partial charge in [0.2, 0.25) is 0 Å².